The van der Waals surface area contributed by atoms with Crippen molar-refractivity contribution in [3.8, 4) is 0 Å². The highest BCUT2D eigenvalue weighted by molar-refractivity contribution is 5.78. The summed E-state index contributed by atoms with van der Waals surface area (Å²) in [5, 5.41) is 6.56. The predicted molar refractivity (Wildman–Crippen MR) is 102 cm³/mol. The van der Waals surface area contributed by atoms with Crippen LogP contribution in [0.3, 0.4) is 0 Å². The first-order valence-corrected chi connectivity index (χ1v) is 10.0. The van der Waals surface area contributed by atoms with E-state index in [1.54, 1.807) is 0 Å². The third-order valence-corrected chi connectivity index (χ3v) is 5.56. The van der Waals surface area contributed by atoms with Gasteiger partial charge in [0.05, 0.1) is 0 Å². The lowest BCUT2D eigenvalue weighted by molar-refractivity contribution is -0.126. The van der Waals surface area contributed by atoms with Gasteiger partial charge in [-0.3, -0.25) is 9.69 Å². The predicted octanol–water partition coefficient (Wildman–Crippen LogP) is 3.07. The Hall–Kier alpha value is -1.39. The Labute approximate surface area is 152 Å². The lowest BCUT2D eigenvalue weighted by atomic mass is 9.92. The topological polar surface area (TPSA) is 44.4 Å². The first-order chi connectivity index (χ1) is 12.2. The molecule has 1 aromatic carbocycles. The summed E-state index contributed by atoms with van der Waals surface area (Å²) >= 11 is 0. The zero-order valence-corrected chi connectivity index (χ0v) is 15.6. The number of nitrogens with one attached hydrogen (secondary N) is 2. The van der Waals surface area contributed by atoms with Crippen molar-refractivity contribution < 1.29 is 4.79 Å². The molecule has 0 aromatic heterocycles. The van der Waals surface area contributed by atoms with Crippen LogP contribution in [0.15, 0.2) is 24.3 Å². The van der Waals surface area contributed by atoms with E-state index in [1.165, 1.54) is 49.9 Å². The molecule has 2 heterocycles. The quantitative estimate of drug-likeness (QED) is 0.864. The molecule has 2 fully saturated rings. The fraction of sp³-hybridized carbons (Fsp3) is 0.667. The Morgan fingerprint density at radius 1 is 1.20 bits per heavy atom. The van der Waals surface area contributed by atoms with Crippen LogP contribution in [0.5, 0.6) is 0 Å². The van der Waals surface area contributed by atoms with Gasteiger partial charge in [-0.15, -0.1) is 0 Å². The van der Waals surface area contributed by atoms with Gasteiger partial charge in [-0.1, -0.05) is 37.1 Å². The highest BCUT2D eigenvalue weighted by Crippen LogP contribution is 2.17. The van der Waals surface area contributed by atoms with Gasteiger partial charge in [0.15, 0.2) is 0 Å². The summed E-state index contributed by atoms with van der Waals surface area (Å²) in [6, 6.07) is 9.17. The van der Waals surface area contributed by atoms with Crippen LogP contribution in [0, 0.1) is 5.92 Å². The molecule has 0 aliphatic carbocycles. The van der Waals surface area contributed by atoms with Gasteiger partial charge in [0.1, 0.15) is 0 Å². The molecule has 0 bridgehead atoms. The average molecular weight is 344 g/mol. The number of amides is 1. The van der Waals surface area contributed by atoms with Gasteiger partial charge in [-0.25, -0.2) is 0 Å². The third-order valence-electron chi connectivity index (χ3n) is 5.56. The standard InChI is InChI=1S/C21H33N3O/c1-17-13-20(9-10-22-17)21(25)23-15-18-7-6-8-19(14-18)16-24-11-4-2-3-5-12-24/h6-8,14,17,20,22H,2-5,9-13,15-16H2,1H3,(H,23,25)/t17-,20-/m0/s1. The van der Waals surface area contributed by atoms with Gasteiger partial charge in [-0.2, -0.15) is 0 Å². The second-order valence-corrected chi connectivity index (χ2v) is 7.80. The zero-order chi connectivity index (χ0) is 17.5. The maximum Gasteiger partial charge on any atom is 0.223 e. The number of nitrogens with zero attached hydrogens (tertiary/aromatic N) is 1. The molecule has 0 spiro atoms. The Morgan fingerprint density at radius 3 is 2.72 bits per heavy atom. The lowest BCUT2D eigenvalue weighted by Gasteiger charge is -2.27. The number of benzene rings is 1. The normalized spacial score (nSPS) is 25.3. The van der Waals surface area contributed by atoms with Crippen LogP contribution < -0.4 is 10.6 Å². The molecule has 3 rings (SSSR count). The molecule has 2 N–H and O–H groups in total. The van der Waals surface area contributed by atoms with Crippen molar-refractivity contribution in [3.63, 3.8) is 0 Å². The minimum absolute atomic E-state index is 0.163. The molecule has 4 nitrogen and oxygen atoms in total. The largest absolute Gasteiger partial charge is 0.352 e. The summed E-state index contributed by atoms with van der Waals surface area (Å²) in [7, 11) is 0. The van der Waals surface area contributed by atoms with E-state index < -0.39 is 0 Å². The number of hydrogen-bond donors (Lipinski definition) is 2. The summed E-state index contributed by atoms with van der Waals surface area (Å²) in [6.45, 7) is 7.22. The van der Waals surface area contributed by atoms with Crippen LogP contribution in [-0.2, 0) is 17.9 Å². The molecule has 2 saturated heterocycles. The van der Waals surface area contributed by atoms with Crippen LogP contribution in [0.2, 0.25) is 0 Å². The Morgan fingerprint density at radius 2 is 1.96 bits per heavy atom. The highest BCUT2D eigenvalue weighted by atomic mass is 16.1. The van der Waals surface area contributed by atoms with Crippen LogP contribution in [0.25, 0.3) is 0 Å². The summed E-state index contributed by atoms with van der Waals surface area (Å²) in [5.74, 6) is 0.378. The average Bonchev–Trinajstić information content (AvgIpc) is 2.89. The molecular weight excluding hydrogens is 310 g/mol. The molecule has 2 aliphatic rings. The van der Waals surface area contributed by atoms with Gasteiger partial charge >= 0.3 is 0 Å². The van der Waals surface area contributed by atoms with Crippen LogP contribution in [-0.4, -0.2) is 36.5 Å². The Bertz CT molecular complexity index is 552. The highest BCUT2D eigenvalue weighted by Gasteiger charge is 2.24. The molecule has 2 aliphatic heterocycles. The molecular formula is C21H33N3O. The summed E-state index contributed by atoms with van der Waals surface area (Å²) in [5.41, 5.74) is 2.58. The fourth-order valence-electron chi connectivity index (χ4n) is 4.09. The summed E-state index contributed by atoms with van der Waals surface area (Å²) in [4.78, 5) is 15.0. The number of carbonyl (C=O) groups is 1. The van der Waals surface area contributed by atoms with Gasteiger partial charge in [0, 0.05) is 25.0 Å². The van der Waals surface area contributed by atoms with Crippen molar-refractivity contribution in [3.05, 3.63) is 35.4 Å². The molecule has 0 saturated carbocycles. The Kier molecular flexibility index (Phi) is 6.88. The van der Waals surface area contributed by atoms with Crippen molar-refractivity contribution in [2.75, 3.05) is 19.6 Å². The zero-order valence-electron chi connectivity index (χ0n) is 15.6. The number of hydrogen-bond acceptors (Lipinski definition) is 3. The first-order valence-electron chi connectivity index (χ1n) is 10.0. The molecule has 138 valence electrons. The van der Waals surface area contributed by atoms with Crippen molar-refractivity contribution in [2.45, 2.75) is 64.6 Å². The van der Waals surface area contributed by atoms with Crippen molar-refractivity contribution in [1.82, 2.24) is 15.5 Å². The van der Waals surface area contributed by atoms with Crippen LogP contribution in [0.1, 0.15) is 56.6 Å². The molecule has 0 unspecified atom stereocenters. The second kappa shape index (κ2) is 9.35. The molecule has 25 heavy (non-hydrogen) atoms. The molecule has 0 radical (unpaired) electrons. The maximum absolute atomic E-state index is 12.4. The summed E-state index contributed by atoms with van der Waals surface area (Å²) < 4.78 is 0. The van der Waals surface area contributed by atoms with E-state index in [1.807, 2.05) is 0 Å². The van der Waals surface area contributed by atoms with E-state index in [0.29, 0.717) is 12.6 Å². The minimum Gasteiger partial charge on any atom is -0.352 e. The van der Waals surface area contributed by atoms with Crippen molar-refractivity contribution in [2.24, 2.45) is 5.92 Å². The fourth-order valence-corrected chi connectivity index (χ4v) is 4.09. The van der Waals surface area contributed by atoms with Gasteiger partial charge in [0.2, 0.25) is 5.91 Å². The number of piperidine rings is 1. The van der Waals surface area contributed by atoms with Crippen molar-refractivity contribution >= 4 is 5.91 Å². The van der Waals surface area contributed by atoms with Crippen LogP contribution >= 0.6 is 0 Å². The van der Waals surface area contributed by atoms with E-state index in [4.69, 9.17) is 0 Å². The third kappa shape index (κ3) is 5.82. The smallest absolute Gasteiger partial charge is 0.223 e. The SMILES string of the molecule is C[C@H]1C[C@@H](C(=O)NCc2cccc(CN3CCCCCC3)c2)CCN1. The molecule has 1 amide bonds. The summed E-state index contributed by atoms with van der Waals surface area (Å²) in [6.07, 6.45) is 7.29. The number of carbonyl (C=O) groups excluding carboxylic acids is 1. The Balaban J connectivity index is 1.50. The van der Waals surface area contributed by atoms with E-state index in [-0.39, 0.29) is 11.8 Å². The lowest BCUT2D eigenvalue weighted by Crippen LogP contribution is -2.42. The van der Waals surface area contributed by atoms with Crippen LogP contribution in [0.4, 0.5) is 0 Å². The molecule has 4 heteroatoms. The second-order valence-electron chi connectivity index (χ2n) is 7.80. The van der Waals surface area contributed by atoms with Gasteiger partial charge < -0.3 is 10.6 Å². The van der Waals surface area contributed by atoms with Crippen molar-refractivity contribution in [1.29, 1.82) is 0 Å². The van der Waals surface area contributed by atoms with E-state index in [9.17, 15) is 4.79 Å². The number of rotatable bonds is 5. The first kappa shape index (κ1) is 18.4. The van der Waals surface area contributed by atoms with Gasteiger partial charge in [0.25, 0.3) is 0 Å². The molecule has 1 aromatic rings. The number of likely N-dealkylation sites (tertiary alicyclic amines) is 1. The van der Waals surface area contributed by atoms with E-state index in [2.05, 4.69) is 46.7 Å². The van der Waals surface area contributed by atoms with E-state index in [0.717, 1.165) is 25.9 Å². The molecule has 2 atom stereocenters. The van der Waals surface area contributed by atoms with E-state index >= 15 is 0 Å². The minimum atomic E-state index is 0.163. The van der Waals surface area contributed by atoms with Gasteiger partial charge in [-0.05, 0) is 63.4 Å². The monoisotopic (exact) mass is 343 g/mol. The maximum atomic E-state index is 12.4.